The second-order valence-corrected chi connectivity index (χ2v) is 10.4. The molecule has 1 aromatic rings. The predicted octanol–water partition coefficient (Wildman–Crippen LogP) is 2.18. The number of hydrogen-bond acceptors (Lipinski definition) is 5. The quantitative estimate of drug-likeness (QED) is 0.516. The second kappa shape index (κ2) is 9.59. The van der Waals surface area contributed by atoms with E-state index in [4.69, 9.17) is 4.42 Å². The van der Waals surface area contributed by atoms with E-state index in [-0.39, 0.29) is 12.6 Å². The molecule has 1 saturated heterocycles. The first-order valence-corrected chi connectivity index (χ1v) is 11.6. The summed E-state index contributed by atoms with van der Waals surface area (Å²) in [5.41, 5.74) is 0. The van der Waals surface area contributed by atoms with Gasteiger partial charge in [-0.2, -0.15) is 0 Å². The van der Waals surface area contributed by atoms with Gasteiger partial charge >= 0.3 is 0 Å². The van der Waals surface area contributed by atoms with Crippen LogP contribution in [0.4, 0.5) is 0 Å². The maximum absolute atomic E-state index is 11.9. The Balaban J connectivity index is 2.08. The van der Waals surface area contributed by atoms with Crippen molar-refractivity contribution in [3.05, 3.63) is 24.2 Å². The molecule has 2 heterocycles. The summed E-state index contributed by atoms with van der Waals surface area (Å²) in [6, 6.07) is 4.06. The zero-order valence-electron chi connectivity index (χ0n) is 17.0. The molecule has 2 rings (SSSR count). The third-order valence-electron chi connectivity index (χ3n) is 5.13. The molecular weight excluding hydrogens is 364 g/mol. The number of nitrogens with zero attached hydrogens (tertiary/aromatic N) is 2. The SMILES string of the molecule is CCNC(=NCC(C)(C)S(C)(=O)=O)NCC(c1ccco1)N1CCCCC1. The summed E-state index contributed by atoms with van der Waals surface area (Å²) in [5, 5.41) is 6.58. The zero-order valence-corrected chi connectivity index (χ0v) is 17.8. The number of hydrogen-bond donors (Lipinski definition) is 2. The molecule has 0 spiro atoms. The fourth-order valence-corrected chi connectivity index (χ4v) is 3.34. The van der Waals surface area contributed by atoms with Crippen LogP contribution in [0.5, 0.6) is 0 Å². The van der Waals surface area contributed by atoms with Crippen LogP contribution in [0.15, 0.2) is 27.8 Å². The van der Waals surface area contributed by atoms with Crippen molar-refractivity contribution in [3.63, 3.8) is 0 Å². The Morgan fingerprint density at radius 2 is 2.00 bits per heavy atom. The minimum absolute atomic E-state index is 0.132. The number of aliphatic imine (C=N–C) groups is 1. The minimum atomic E-state index is -3.18. The molecule has 1 atom stereocenters. The summed E-state index contributed by atoms with van der Waals surface area (Å²) in [7, 11) is -3.18. The summed E-state index contributed by atoms with van der Waals surface area (Å²) < 4.78 is 28.6. The van der Waals surface area contributed by atoms with E-state index in [0.29, 0.717) is 19.0 Å². The fraction of sp³-hybridized carbons (Fsp3) is 0.737. The lowest BCUT2D eigenvalue weighted by molar-refractivity contribution is 0.146. The highest BCUT2D eigenvalue weighted by Crippen LogP contribution is 2.24. The Hall–Kier alpha value is -1.54. The molecule has 1 unspecified atom stereocenters. The highest BCUT2D eigenvalue weighted by Gasteiger charge is 2.30. The van der Waals surface area contributed by atoms with E-state index in [1.807, 2.05) is 19.1 Å². The van der Waals surface area contributed by atoms with Gasteiger partial charge in [-0.1, -0.05) is 6.42 Å². The van der Waals surface area contributed by atoms with Gasteiger partial charge in [-0.15, -0.1) is 0 Å². The third kappa shape index (κ3) is 6.24. The first kappa shape index (κ1) is 21.8. The maximum Gasteiger partial charge on any atom is 0.191 e. The number of rotatable bonds is 8. The van der Waals surface area contributed by atoms with Crippen LogP contribution in [-0.2, 0) is 9.84 Å². The number of likely N-dealkylation sites (tertiary alicyclic amines) is 1. The average Bonchev–Trinajstić information content (AvgIpc) is 3.14. The van der Waals surface area contributed by atoms with Gasteiger partial charge in [0, 0.05) is 19.3 Å². The molecule has 0 aliphatic carbocycles. The average molecular weight is 399 g/mol. The van der Waals surface area contributed by atoms with Crippen LogP contribution in [-0.4, -0.2) is 63.0 Å². The number of piperidine rings is 1. The molecule has 8 heteroatoms. The van der Waals surface area contributed by atoms with Crippen molar-refractivity contribution in [2.45, 2.75) is 50.8 Å². The van der Waals surface area contributed by atoms with Gasteiger partial charge in [0.25, 0.3) is 0 Å². The first-order chi connectivity index (χ1) is 12.7. The topological polar surface area (TPSA) is 86.9 Å². The summed E-state index contributed by atoms with van der Waals surface area (Å²) in [4.78, 5) is 6.96. The molecule has 0 saturated carbocycles. The van der Waals surface area contributed by atoms with Crippen LogP contribution in [0.3, 0.4) is 0 Å². The Morgan fingerprint density at radius 3 is 2.56 bits per heavy atom. The number of sulfone groups is 1. The molecule has 2 N–H and O–H groups in total. The van der Waals surface area contributed by atoms with Gasteiger partial charge in [-0.05, 0) is 58.8 Å². The van der Waals surface area contributed by atoms with Gasteiger partial charge in [0.15, 0.2) is 15.8 Å². The van der Waals surface area contributed by atoms with Gasteiger partial charge in [0.05, 0.1) is 23.6 Å². The van der Waals surface area contributed by atoms with Crippen LogP contribution >= 0.6 is 0 Å². The number of guanidine groups is 1. The molecule has 0 aromatic carbocycles. The number of furan rings is 1. The molecule has 0 amide bonds. The van der Waals surface area contributed by atoms with Gasteiger partial charge < -0.3 is 15.1 Å². The smallest absolute Gasteiger partial charge is 0.191 e. The van der Waals surface area contributed by atoms with Crippen LogP contribution in [0.2, 0.25) is 0 Å². The molecule has 1 aliphatic rings. The van der Waals surface area contributed by atoms with Crippen molar-refractivity contribution in [2.24, 2.45) is 4.99 Å². The van der Waals surface area contributed by atoms with Crippen LogP contribution in [0.1, 0.15) is 51.8 Å². The molecule has 1 aliphatic heterocycles. The van der Waals surface area contributed by atoms with Gasteiger partial charge in [0.2, 0.25) is 0 Å². The molecule has 0 radical (unpaired) electrons. The Labute approximate surface area is 163 Å². The lowest BCUT2D eigenvalue weighted by Crippen LogP contribution is -2.45. The van der Waals surface area contributed by atoms with Crippen LogP contribution in [0, 0.1) is 0 Å². The maximum atomic E-state index is 11.9. The first-order valence-electron chi connectivity index (χ1n) is 9.74. The normalized spacial score (nSPS) is 18.3. The molecule has 1 aromatic heterocycles. The lowest BCUT2D eigenvalue weighted by atomic mass is 10.1. The summed E-state index contributed by atoms with van der Waals surface area (Å²) in [5.74, 6) is 1.57. The van der Waals surface area contributed by atoms with Gasteiger partial charge in [0.1, 0.15) is 5.76 Å². The van der Waals surface area contributed by atoms with Crippen LogP contribution in [0.25, 0.3) is 0 Å². The number of nitrogens with one attached hydrogen (secondary N) is 2. The van der Waals surface area contributed by atoms with E-state index < -0.39 is 14.6 Å². The minimum Gasteiger partial charge on any atom is -0.468 e. The molecule has 27 heavy (non-hydrogen) atoms. The molecule has 1 fully saturated rings. The second-order valence-electron chi connectivity index (χ2n) is 7.74. The summed E-state index contributed by atoms with van der Waals surface area (Å²) >= 11 is 0. The van der Waals surface area contributed by atoms with E-state index in [1.54, 1.807) is 20.1 Å². The predicted molar refractivity (Wildman–Crippen MR) is 110 cm³/mol. The van der Waals surface area contributed by atoms with E-state index in [9.17, 15) is 8.42 Å². The van der Waals surface area contributed by atoms with Crippen molar-refractivity contribution in [3.8, 4) is 0 Å². The van der Waals surface area contributed by atoms with E-state index in [2.05, 4.69) is 20.5 Å². The third-order valence-corrected chi connectivity index (χ3v) is 7.27. The monoisotopic (exact) mass is 398 g/mol. The summed E-state index contributed by atoms with van der Waals surface area (Å²) in [6.07, 6.45) is 6.65. The highest BCUT2D eigenvalue weighted by atomic mass is 32.2. The fourth-order valence-electron chi connectivity index (χ4n) is 3.04. The largest absolute Gasteiger partial charge is 0.468 e. The Bertz CT molecular complexity index is 693. The van der Waals surface area contributed by atoms with Crippen molar-refractivity contribution in [1.29, 1.82) is 0 Å². The van der Waals surface area contributed by atoms with E-state index in [1.165, 1.54) is 25.5 Å². The van der Waals surface area contributed by atoms with Gasteiger partial charge in [-0.25, -0.2) is 8.42 Å². The highest BCUT2D eigenvalue weighted by molar-refractivity contribution is 7.92. The molecule has 7 nitrogen and oxygen atoms in total. The van der Waals surface area contributed by atoms with Gasteiger partial charge in [-0.3, -0.25) is 9.89 Å². The van der Waals surface area contributed by atoms with Crippen molar-refractivity contribution < 1.29 is 12.8 Å². The summed E-state index contributed by atoms with van der Waals surface area (Å²) in [6.45, 7) is 9.08. The van der Waals surface area contributed by atoms with E-state index >= 15 is 0 Å². The Kier molecular flexibility index (Phi) is 7.73. The molecule has 154 valence electrons. The Morgan fingerprint density at radius 1 is 1.30 bits per heavy atom. The molecular formula is C19H34N4O3S. The van der Waals surface area contributed by atoms with Crippen molar-refractivity contribution >= 4 is 15.8 Å². The van der Waals surface area contributed by atoms with Crippen LogP contribution < -0.4 is 10.6 Å². The van der Waals surface area contributed by atoms with Crippen molar-refractivity contribution in [2.75, 3.05) is 39.0 Å². The zero-order chi connectivity index (χ0) is 19.9. The molecule has 0 bridgehead atoms. The lowest BCUT2D eigenvalue weighted by Gasteiger charge is -2.33. The standard InChI is InChI=1S/C19H34N4O3S/c1-5-20-18(22-15-19(2,3)27(4,24)25)21-14-16(17-10-9-13-26-17)23-11-7-6-8-12-23/h9-10,13,16H,5-8,11-12,14-15H2,1-4H3,(H2,20,21,22). The van der Waals surface area contributed by atoms with Crippen molar-refractivity contribution in [1.82, 2.24) is 15.5 Å². The van der Waals surface area contributed by atoms with E-state index in [0.717, 1.165) is 18.8 Å².